The van der Waals surface area contributed by atoms with Crippen LogP contribution in [0, 0.1) is 0 Å². The van der Waals surface area contributed by atoms with E-state index in [1.807, 2.05) is 61.5 Å². The Kier molecular flexibility index (Phi) is 6.98. The van der Waals surface area contributed by atoms with Crippen LogP contribution in [0.4, 0.5) is 8.78 Å². The third kappa shape index (κ3) is 5.24. The number of alkyl halides is 2. The lowest BCUT2D eigenvalue weighted by Gasteiger charge is -2.22. The van der Waals surface area contributed by atoms with E-state index in [4.69, 9.17) is 9.47 Å². The predicted octanol–water partition coefficient (Wildman–Crippen LogP) is 4.04. The van der Waals surface area contributed by atoms with Crippen LogP contribution in [0.15, 0.2) is 93.5 Å². The Labute approximate surface area is 203 Å². The monoisotopic (exact) mass is 522 g/mol. The van der Waals surface area contributed by atoms with E-state index < -0.39 is 38.0 Å². The Morgan fingerprint density at radius 3 is 1.91 bits per heavy atom. The molecule has 3 aromatic carbocycles. The van der Waals surface area contributed by atoms with Crippen molar-refractivity contribution in [2.24, 2.45) is 0 Å². The number of ether oxygens (including phenoxy) is 3. The molecule has 0 aromatic heterocycles. The number of carbonyl (C=O) groups is 1. The minimum Gasteiger partial charge on any atom is -0.743 e. The topological polar surface area (TPSA) is 102 Å². The maximum atomic E-state index is 13.4. The molecule has 3 aromatic rings. The SMILES string of the molecule is CC1(c2ccc([S+](c3ccccc3)c3ccc(OC(=O)C(F)(F)S(=O)(=O)[O-])cc3)cc2)OCCO1. The van der Waals surface area contributed by atoms with E-state index in [0.29, 0.717) is 13.2 Å². The largest absolute Gasteiger partial charge is 0.743 e. The molecule has 0 radical (unpaired) electrons. The number of hydrogen-bond acceptors (Lipinski definition) is 7. The van der Waals surface area contributed by atoms with Gasteiger partial charge in [0.1, 0.15) is 5.75 Å². The van der Waals surface area contributed by atoms with Gasteiger partial charge in [-0.1, -0.05) is 18.2 Å². The summed E-state index contributed by atoms with van der Waals surface area (Å²) >= 11 is 0. The van der Waals surface area contributed by atoms with E-state index in [9.17, 15) is 26.5 Å². The second-order valence-corrected chi connectivity index (χ2v) is 11.1. The molecule has 7 nitrogen and oxygen atoms in total. The second kappa shape index (κ2) is 9.67. The molecule has 1 aliphatic rings. The molecule has 0 aliphatic carbocycles. The predicted molar refractivity (Wildman–Crippen MR) is 121 cm³/mol. The number of hydrogen-bond donors (Lipinski definition) is 0. The standard InChI is InChI=1S/C24H20F2O7S2/c1-23(31-15-16-32-23)17-7-11-20(12-8-17)34(19-5-3-2-4-6-19)21-13-9-18(10-14-21)33-22(27)24(25,26)35(28,29)30/h2-14H,15-16H2,1H3. The maximum absolute atomic E-state index is 13.4. The first-order valence-electron chi connectivity index (χ1n) is 10.3. The highest BCUT2D eigenvalue weighted by atomic mass is 32.2. The van der Waals surface area contributed by atoms with Crippen molar-refractivity contribution in [1.29, 1.82) is 0 Å². The van der Waals surface area contributed by atoms with Gasteiger partial charge in [0.2, 0.25) is 0 Å². The average molecular weight is 523 g/mol. The number of esters is 1. The summed E-state index contributed by atoms with van der Waals surface area (Å²) in [4.78, 5) is 14.3. The zero-order chi connectivity index (χ0) is 25.3. The van der Waals surface area contributed by atoms with Crippen molar-refractivity contribution in [3.05, 3.63) is 84.4 Å². The van der Waals surface area contributed by atoms with Gasteiger partial charge >= 0.3 is 11.2 Å². The minimum absolute atomic E-state index is 0.322. The van der Waals surface area contributed by atoms with Gasteiger partial charge < -0.3 is 18.8 Å². The Balaban J connectivity index is 1.63. The molecule has 1 aliphatic heterocycles. The van der Waals surface area contributed by atoms with Crippen LogP contribution in [-0.2, 0) is 41.1 Å². The maximum Gasteiger partial charge on any atom is 0.429 e. The summed E-state index contributed by atoms with van der Waals surface area (Å²) < 4.78 is 74.7. The van der Waals surface area contributed by atoms with Gasteiger partial charge in [-0.25, -0.2) is 13.2 Å². The highest BCUT2D eigenvalue weighted by molar-refractivity contribution is 7.97. The van der Waals surface area contributed by atoms with E-state index in [1.54, 1.807) is 12.1 Å². The lowest BCUT2D eigenvalue weighted by atomic mass is 10.1. The van der Waals surface area contributed by atoms with Gasteiger partial charge in [0, 0.05) is 5.56 Å². The van der Waals surface area contributed by atoms with Gasteiger partial charge in [-0.05, 0) is 67.6 Å². The summed E-state index contributed by atoms with van der Waals surface area (Å²) in [6.07, 6.45) is 0. The molecule has 0 saturated carbocycles. The van der Waals surface area contributed by atoms with Crippen LogP contribution in [-0.4, -0.2) is 37.4 Å². The number of rotatable bonds is 7. The zero-order valence-electron chi connectivity index (χ0n) is 18.3. The van der Waals surface area contributed by atoms with Crippen molar-refractivity contribution in [2.75, 3.05) is 13.2 Å². The van der Waals surface area contributed by atoms with Crippen LogP contribution in [0.25, 0.3) is 0 Å². The molecule has 4 rings (SSSR count). The van der Waals surface area contributed by atoms with Gasteiger partial charge in [0.05, 0.1) is 24.1 Å². The summed E-state index contributed by atoms with van der Waals surface area (Å²) in [5, 5.41) is -5.19. The minimum atomic E-state index is -6.20. The first-order valence-corrected chi connectivity index (χ1v) is 13.0. The third-order valence-corrected chi connectivity index (χ3v) is 8.28. The molecule has 1 atom stereocenters. The summed E-state index contributed by atoms with van der Waals surface area (Å²) in [6.45, 7) is 2.88. The fourth-order valence-electron chi connectivity index (χ4n) is 3.45. The Bertz CT molecular complexity index is 1290. The lowest BCUT2D eigenvalue weighted by Crippen LogP contribution is -2.40. The number of benzene rings is 3. The smallest absolute Gasteiger partial charge is 0.429 e. The van der Waals surface area contributed by atoms with Gasteiger partial charge in [-0.3, -0.25) is 0 Å². The Morgan fingerprint density at radius 1 is 0.914 bits per heavy atom. The molecule has 0 N–H and O–H groups in total. The van der Waals surface area contributed by atoms with Crippen molar-refractivity contribution in [3.63, 3.8) is 0 Å². The van der Waals surface area contributed by atoms with Crippen LogP contribution < -0.4 is 4.74 Å². The van der Waals surface area contributed by atoms with Crippen molar-refractivity contribution < 1.29 is 40.8 Å². The molecule has 0 spiro atoms. The highest BCUT2D eigenvalue weighted by Gasteiger charge is 2.49. The summed E-state index contributed by atoms with van der Waals surface area (Å²) in [6, 6.07) is 23.0. The first-order chi connectivity index (χ1) is 16.5. The highest BCUT2D eigenvalue weighted by Crippen LogP contribution is 2.36. The van der Waals surface area contributed by atoms with Crippen molar-refractivity contribution in [3.8, 4) is 5.75 Å². The Hall–Kier alpha value is -2.83. The molecule has 1 fully saturated rings. The molecule has 35 heavy (non-hydrogen) atoms. The Morgan fingerprint density at radius 2 is 1.40 bits per heavy atom. The van der Waals surface area contributed by atoms with Gasteiger partial charge in [-0.2, -0.15) is 8.78 Å². The van der Waals surface area contributed by atoms with Crippen LogP contribution in [0.5, 0.6) is 5.75 Å². The van der Waals surface area contributed by atoms with Gasteiger partial charge in [0.15, 0.2) is 30.6 Å². The molecular formula is C24H20F2O7S2. The van der Waals surface area contributed by atoms with Gasteiger partial charge in [0.25, 0.3) is 0 Å². The molecule has 184 valence electrons. The normalized spacial score (nSPS) is 16.6. The first kappa shape index (κ1) is 25.3. The van der Waals surface area contributed by atoms with E-state index in [0.717, 1.165) is 20.2 Å². The third-order valence-electron chi connectivity index (χ3n) is 5.25. The van der Waals surface area contributed by atoms with Crippen LogP contribution >= 0.6 is 0 Å². The van der Waals surface area contributed by atoms with Crippen LogP contribution in [0.2, 0.25) is 0 Å². The van der Waals surface area contributed by atoms with Gasteiger partial charge in [-0.15, -0.1) is 0 Å². The fraction of sp³-hybridized carbons (Fsp3) is 0.208. The quantitative estimate of drug-likeness (QED) is 0.200. The lowest BCUT2D eigenvalue weighted by molar-refractivity contribution is -0.151. The fourth-order valence-corrected chi connectivity index (χ4v) is 5.76. The van der Waals surface area contributed by atoms with E-state index in [2.05, 4.69) is 4.74 Å². The number of carbonyl (C=O) groups excluding carboxylic acids is 1. The zero-order valence-corrected chi connectivity index (χ0v) is 20.0. The van der Waals surface area contributed by atoms with Crippen molar-refractivity contribution in [2.45, 2.75) is 32.7 Å². The van der Waals surface area contributed by atoms with E-state index in [1.165, 1.54) is 12.1 Å². The molecular weight excluding hydrogens is 502 g/mol. The molecule has 0 bridgehead atoms. The molecule has 0 amide bonds. The van der Waals surface area contributed by atoms with Crippen LogP contribution in [0.3, 0.4) is 0 Å². The molecule has 1 heterocycles. The summed E-state index contributed by atoms with van der Waals surface area (Å²) in [5.41, 5.74) is 0.867. The number of halogens is 2. The average Bonchev–Trinajstić information content (AvgIpc) is 3.28. The summed E-state index contributed by atoms with van der Waals surface area (Å²) in [5.74, 6) is -3.59. The second-order valence-electron chi connectivity index (χ2n) is 7.62. The van der Waals surface area contributed by atoms with E-state index >= 15 is 0 Å². The summed E-state index contributed by atoms with van der Waals surface area (Å²) in [7, 11) is -6.81. The van der Waals surface area contributed by atoms with Crippen LogP contribution in [0.1, 0.15) is 12.5 Å². The molecule has 1 saturated heterocycles. The molecule has 11 heteroatoms. The van der Waals surface area contributed by atoms with Crippen molar-refractivity contribution >= 4 is 27.0 Å². The van der Waals surface area contributed by atoms with Crippen molar-refractivity contribution in [1.82, 2.24) is 0 Å². The van der Waals surface area contributed by atoms with E-state index in [-0.39, 0.29) is 5.75 Å². The molecule has 1 unspecified atom stereocenters.